The molecule has 18 nitrogen and oxygen atoms in total. The van der Waals surface area contributed by atoms with Crippen molar-refractivity contribution in [2.24, 2.45) is 22.7 Å². The second kappa shape index (κ2) is 19.9. The molecule has 5 aliphatic rings. The van der Waals surface area contributed by atoms with E-state index in [2.05, 4.69) is 21.2 Å². The SMILES string of the molecule is CC[C@@H](CSC1CC(=O)N(CCC(=O)N/N=C(\C)CCC(=O)NCCSSCCCC2=C(C)C(=O)C3=C(C2=O)[C@@H](COC(N)=O)[C@@]2(OC)[C@H]4N[C@H]4CN32)C1=O)C(=O)O. The third-order valence-corrected chi connectivity index (χ3v) is 14.8. The summed E-state index contributed by atoms with van der Waals surface area (Å²) >= 11 is 1.15. The lowest BCUT2D eigenvalue weighted by atomic mass is 9.79. The highest BCUT2D eigenvalue weighted by Crippen LogP contribution is 2.56. The first-order valence-corrected chi connectivity index (χ1v) is 22.8. The van der Waals surface area contributed by atoms with E-state index in [1.165, 1.54) is 7.11 Å². The van der Waals surface area contributed by atoms with Crippen molar-refractivity contribution in [2.45, 2.75) is 88.8 Å². The smallest absolute Gasteiger partial charge is 0.404 e. The van der Waals surface area contributed by atoms with Crippen LogP contribution in [0.5, 0.6) is 0 Å². The summed E-state index contributed by atoms with van der Waals surface area (Å²) in [7, 11) is 4.71. The summed E-state index contributed by atoms with van der Waals surface area (Å²) in [5.74, 6) is -2.58. The number of nitrogens with two attached hydrogens (primary N) is 1. The van der Waals surface area contributed by atoms with Crippen molar-refractivity contribution in [1.29, 1.82) is 0 Å². The number of hydrogen-bond donors (Lipinski definition) is 5. The summed E-state index contributed by atoms with van der Waals surface area (Å²) in [4.78, 5) is 103. The van der Waals surface area contributed by atoms with E-state index in [9.17, 15) is 43.5 Å². The van der Waals surface area contributed by atoms with Crippen molar-refractivity contribution in [3.05, 3.63) is 22.4 Å². The van der Waals surface area contributed by atoms with Gasteiger partial charge in [-0.25, -0.2) is 10.2 Å². The molecule has 318 valence electrons. The van der Waals surface area contributed by atoms with Crippen LogP contribution in [0.4, 0.5) is 4.79 Å². The van der Waals surface area contributed by atoms with E-state index in [4.69, 9.17) is 15.2 Å². The van der Waals surface area contributed by atoms with Crippen molar-refractivity contribution in [3.8, 4) is 0 Å². The van der Waals surface area contributed by atoms with Crippen LogP contribution in [0, 0.1) is 11.8 Å². The molecular weight excluding hydrogens is 815 g/mol. The molecule has 5 rings (SSSR count). The van der Waals surface area contributed by atoms with Gasteiger partial charge in [0.25, 0.3) is 0 Å². The number of ether oxygens (including phenoxy) is 2. The number of thioether (sulfide) groups is 1. The molecular formula is C37H51N7O11S3. The zero-order valence-corrected chi connectivity index (χ0v) is 35.4. The molecule has 0 saturated carbocycles. The summed E-state index contributed by atoms with van der Waals surface area (Å²) in [6.45, 7) is 5.76. The molecule has 58 heavy (non-hydrogen) atoms. The number of imide groups is 1. The van der Waals surface area contributed by atoms with E-state index >= 15 is 0 Å². The molecule has 1 aliphatic carbocycles. The second-order valence-corrected chi connectivity index (χ2v) is 18.5. The number of methoxy groups -OCH3 is 1. The van der Waals surface area contributed by atoms with Crippen molar-refractivity contribution >= 4 is 86.3 Å². The Balaban J connectivity index is 0.945. The molecule has 4 heterocycles. The molecule has 0 aromatic heterocycles. The molecule has 1 unspecified atom stereocenters. The Kier molecular flexibility index (Phi) is 15.5. The van der Waals surface area contributed by atoms with E-state index in [0.29, 0.717) is 78.4 Å². The molecule has 5 amide bonds. The number of hydrazone groups is 1. The number of fused-ring (bicyclic) bond motifs is 4. The maximum atomic E-state index is 14.0. The van der Waals surface area contributed by atoms with Crippen LogP contribution >= 0.6 is 33.3 Å². The molecule has 21 heteroatoms. The number of carbonyl (C=O) groups is 8. The predicted octanol–water partition coefficient (Wildman–Crippen LogP) is 1.34. The number of nitrogens with zero attached hydrogens (tertiary/aromatic N) is 3. The van der Waals surface area contributed by atoms with Crippen LogP contribution < -0.4 is 21.8 Å². The van der Waals surface area contributed by atoms with Crippen LogP contribution in [0.3, 0.4) is 0 Å². The first-order chi connectivity index (χ1) is 27.7. The molecule has 3 fully saturated rings. The molecule has 4 aliphatic heterocycles. The zero-order chi connectivity index (χ0) is 42.3. The Morgan fingerprint density at radius 3 is 2.52 bits per heavy atom. The second-order valence-electron chi connectivity index (χ2n) is 14.6. The van der Waals surface area contributed by atoms with Gasteiger partial charge in [0.05, 0.1) is 28.8 Å². The number of likely N-dealkylation sites (tertiary alicyclic amines) is 1. The molecule has 6 atom stereocenters. The maximum Gasteiger partial charge on any atom is 0.404 e. The normalized spacial score (nSPS) is 25.6. The quantitative estimate of drug-likeness (QED) is 0.0185. The van der Waals surface area contributed by atoms with Crippen LogP contribution in [-0.4, -0.2) is 142 Å². The van der Waals surface area contributed by atoms with Gasteiger partial charge < -0.3 is 35.8 Å². The number of amides is 5. The van der Waals surface area contributed by atoms with Crippen molar-refractivity contribution in [2.75, 3.05) is 50.6 Å². The number of aliphatic carboxylic acids is 1. The van der Waals surface area contributed by atoms with E-state index in [1.807, 2.05) is 4.90 Å². The van der Waals surface area contributed by atoms with Crippen LogP contribution in [0.2, 0.25) is 0 Å². The lowest BCUT2D eigenvalue weighted by molar-refractivity contribution is -0.141. The van der Waals surface area contributed by atoms with Gasteiger partial charge in [0.1, 0.15) is 6.61 Å². The summed E-state index contributed by atoms with van der Waals surface area (Å²) in [5, 5.41) is 18.8. The number of carboxylic acids is 1. The van der Waals surface area contributed by atoms with Crippen LogP contribution in [0.15, 0.2) is 27.5 Å². The number of ketones is 2. The molecule has 3 saturated heterocycles. The summed E-state index contributed by atoms with van der Waals surface area (Å²) < 4.78 is 11.2. The fourth-order valence-corrected chi connectivity index (χ4v) is 11.1. The Morgan fingerprint density at radius 1 is 1.09 bits per heavy atom. The molecule has 0 spiro atoms. The number of piperazine rings is 1. The van der Waals surface area contributed by atoms with Crippen LogP contribution in [0.1, 0.15) is 65.7 Å². The highest BCUT2D eigenvalue weighted by molar-refractivity contribution is 8.76. The first-order valence-electron chi connectivity index (χ1n) is 19.2. The average molecular weight is 866 g/mol. The third-order valence-electron chi connectivity index (χ3n) is 11.0. The Bertz CT molecular complexity index is 1810. The standard InChI is InChI=1S/C37H51N7O11S3/c1-5-21(35(51)52)18-56-25-15-28(47)43(34(25)50)12-10-27(46)42-41-19(2)8-9-26(45)39-11-14-58-57-13-6-7-22-20(3)31(48)30-29(32(22)49)23(17-55-36(38)53)37(54-4)33-24(40-33)16-44(30)37/h21,23-25,33,40H,5-18H2,1-4H3,(H2,38,53)(H,39,45)(H,42,46)(H,51,52)/b41-19+/t21-,23+,24-,25?,33-,37+/m0/s1. The Morgan fingerprint density at radius 2 is 1.83 bits per heavy atom. The highest BCUT2D eigenvalue weighted by atomic mass is 33.1. The number of Topliss-reactive ketones (excluding diaryl/α,β-unsaturated/α-hetero) is 2. The highest BCUT2D eigenvalue weighted by Gasteiger charge is 2.72. The van der Waals surface area contributed by atoms with Gasteiger partial charge in [-0.15, -0.1) is 11.8 Å². The minimum Gasteiger partial charge on any atom is -0.481 e. The van der Waals surface area contributed by atoms with E-state index in [-0.39, 0.29) is 67.7 Å². The lowest BCUT2D eigenvalue weighted by Gasteiger charge is -2.39. The van der Waals surface area contributed by atoms with Crippen molar-refractivity contribution in [1.82, 2.24) is 25.9 Å². The third kappa shape index (κ3) is 9.91. The van der Waals surface area contributed by atoms with Crippen molar-refractivity contribution in [3.63, 3.8) is 0 Å². The minimum atomic E-state index is -1.02. The number of hydrogen-bond acceptors (Lipinski definition) is 16. The van der Waals surface area contributed by atoms with Crippen LogP contribution in [-0.2, 0) is 43.0 Å². The summed E-state index contributed by atoms with van der Waals surface area (Å²) in [5.41, 5.74) is 8.70. The zero-order valence-electron chi connectivity index (χ0n) is 33.0. The van der Waals surface area contributed by atoms with Gasteiger partial charge in [0, 0.05) is 91.7 Å². The molecule has 0 aromatic carbocycles. The molecule has 0 radical (unpaired) electrons. The summed E-state index contributed by atoms with van der Waals surface area (Å²) in [6.07, 6.45) is 0.791. The number of carboxylic acid groups (broad SMARTS) is 1. The Labute approximate surface area is 348 Å². The van der Waals surface area contributed by atoms with E-state index < -0.39 is 52.6 Å². The molecule has 0 aromatic rings. The average Bonchev–Trinajstić information content (AvgIpc) is 3.70. The van der Waals surface area contributed by atoms with Gasteiger partial charge in [0.2, 0.25) is 29.4 Å². The van der Waals surface area contributed by atoms with Gasteiger partial charge >= 0.3 is 12.1 Å². The molecule has 6 N–H and O–H groups in total. The lowest BCUT2D eigenvalue weighted by Crippen LogP contribution is -2.55. The topological polar surface area (TPSA) is 266 Å². The van der Waals surface area contributed by atoms with E-state index in [0.717, 1.165) is 16.7 Å². The van der Waals surface area contributed by atoms with Crippen LogP contribution in [0.25, 0.3) is 0 Å². The number of rotatable bonds is 23. The monoisotopic (exact) mass is 865 g/mol. The van der Waals surface area contributed by atoms with Gasteiger partial charge in [0.15, 0.2) is 11.5 Å². The summed E-state index contributed by atoms with van der Waals surface area (Å²) in [6, 6.07) is 0.00548. The number of primary amides is 1. The van der Waals surface area contributed by atoms with Gasteiger partial charge in [-0.3, -0.25) is 38.5 Å². The van der Waals surface area contributed by atoms with Crippen molar-refractivity contribution < 1.29 is 52.9 Å². The number of allylic oxidation sites excluding steroid dienone is 2. The minimum absolute atomic E-state index is 0.0290. The fraction of sp³-hybridized carbons (Fsp3) is 0.649. The first kappa shape index (κ1) is 45.2. The molecule has 0 bridgehead atoms. The maximum absolute atomic E-state index is 14.0. The predicted molar refractivity (Wildman–Crippen MR) is 217 cm³/mol. The van der Waals surface area contributed by atoms with E-state index in [1.54, 1.807) is 42.4 Å². The van der Waals surface area contributed by atoms with Gasteiger partial charge in [-0.2, -0.15) is 5.10 Å². The number of carbonyl (C=O) groups excluding carboxylic acids is 7. The Hall–Kier alpha value is -3.92. The van der Waals surface area contributed by atoms with Gasteiger partial charge in [-0.05, 0) is 39.5 Å². The largest absolute Gasteiger partial charge is 0.481 e. The fourth-order valence-electron chi connectivity index (χ4n) is 7.78. The van der Waals surface area contributed by atoms with Gasteiger partial charge in [-0.1, -0.05) is 28.5 Å². The number of nitrogens with one attached hydrogen (secondary N) is 3.